The maximum Gasteiger partial charge on any atom is 0.258 e. The molecule has 1 aliphatic heterocycles. The van der Waals surface area contributed by atoms with Gasteiger partial charge < -0.3 is 20.4 Å². The van der Waals surface area contributed by atoms with Gasteiger partial charge in [-0.25, -0.2) is 9.97 Å². The van der Waals surface area contributed by atoms with Crippen molar-refractivity contribution in [3.8, 4) is 0 Å². The molecule has 2 amide bonds. The average Bonchev–Trinajstić information content (AvgIpc) is 3.67. The summed E-state index contributed by atoms with van der Waals surface area (Å²) in [6, 6.07) is 19.2. The topological polar surface area (TPSA) is 121 Å². The van der Waals surface area contributed by atoms with E-state index in [0.717, 1.165) is 71.1 Å². The number of aryl methyl sites for hydroxylation is 2. The monoisotopic (exact) mass is 645 g/mol. The van der Waals surface area contributed by atoms with Gasteiger partial charge in [0.25, 0.3) is 11.8 Å². The first-order valence-electron chi connectivity index (χ1n) is 15.7. The third-order valence-corrected chi connectivity index (χ3v) is 9.53. The highest BCUT2D eigenvalue weighted by Gasteiger charge is 2.22. The first-order valence-corrected chi connectivity index (χ1v) is 16.6. The second-order valence-electron chi connectivity index (χ2n) is 11.6. The standard InChI is InChI=1S/C35H35N9O2S/c1-4-42-15-17-43(18-16-42)35(46)24-11-13-25(14-12-24)39-33-32-31(36-21-37-33)27(20-47-32)34(45)40-28-9-6-10-29-30(28)23(3)41-44(29)19-26-8-5-7-22(2)38-26/h5-14,20-21H,4,15-19H2,1-3H3,(H,40,45)(H,36,37,39). The first-order chi connectivity index (χ1) is 22.9. The second-order valence-corrected chi connectivity index (χ2v) is 12.5. The number of benzene rings is 2. The molecule has 7 rings (SSSR count). The van der Waals surface area contributed by atoms with Gasteiger partial charge in [0.05, 0.1) is 44.9 Å². The summed E-state index contributed by atoms with van der Waals surface area (Å²) in [6.07, 6.45) is 1.45. The van der Waals surface area contributed by atoms with E-state index in [1.54, 1.807) is 5.38 Å². The van der Waals surface area contributed by atoms with Gasteiger partial charge in [0, 0.05) is 53.9 Å². The van der Waals surface area contributed by atoms with Crippen LogP contribution in [0.4, 0.5) is 17.2 Å². The number of pyridine rings is 1. The fraction of sp³-hybridized carbons (Fsp3) is 0.257. The summed E-state index contributed by atoms with van der Waals surface area (Å²) in [7, 11) is 0. The predicted molar refractivity (Wildman–Crippen MR) is 186 cm³/mol. The van der Waals surface area contributed by atoms with Gasteiger partial charge in [-0.15, -0.1) is 11.3 Å². The molecule has 47 heavy (non-hydrogen) atoms. The smallest absolute Gasteiger partial charge is 0.258 e. The number of rotatable bonds is 8. The number of nitrogens with one attached hydrogen (secondary N) is 2. The zero-order chi connectivity index (χ0) is 32.5. The van der Waals surface area contributed by atoms with E-state index in [2.05, 4.69) is 37.4 Å². The third-order valence-electron chi connectivity index (χ3n) is 8.56. The minimum Gasteiger partial charge on any atom is -0.339 e. The van der Waals surface area contributed by atoms with Crippen molar-refractivity contribution in [2.45, 2.75) is 27.3 Å². The van der Waals surface area contributed by atoms with E-state index in [0.29, 0.717) is 34.7 Å². The number of hydrogen-bond acceptors (Lipinski definition) is 9. The molecular formula is C35H35N9O2S. The van der Waals surface area contributed by atoms with E-state index < -0.39 is 0 Å². The lowest BCUT2D eigenvalue weighted by Gasteiger charge is -2.34. The van der Waals surface area contributed by atoms with Crippen molar-refractivity contribution in [2.75, 3.05) is 43.4 Å². The summed E-state index contributed by atoms with van der Waals surface area (Å²) < 4.78 is 2.68. The molecular weight excluding hydrogens is 611 g/mol. The Morgan fingerprint density at radius 3 is 2.49 bits per heavy atom. The molecule has 4 aromatic heterocycles. The summed E-state index contributed by atoms with van der Waals surface area (Å²) in [5.74, 6) is 0.383. The fourth-order valence-corrected chi connectivity index (χ4v) is 7.00. The van der Waals surface area contributed by atoms with Crippen LogP contribution in [0.15, 0.2) is 72.4 Å². The molecule has 1 saturated heterocycles. The van der Waals surface area contributed by atoms with E-state index in [-0.39, 0.29) is 11.8 Å². The van der Waals surface area contributed by atoms with Gasteiger partial charge >= 0.3 is 0 Å². The average molecular weight is 646 g/mol. The minimum atomic E-state index is -0.261. The summed E-state index contributed by atoms with van der Waals surface area (Å²) in [4.78, 5) is 44.5. The van der Waals surface area contributed by atoms with Crippen molar-refractivity contribution in [2.24, 2.45) is 0 Å². The number of nitrogens with zero attached hydrogens (tertiary/aromatic N) is 7. The molecule has 2 aromatic carbocycles. The van der Waals surface area contributed by atoms with Crippen LogP contribution in [0.3, 0.4) is 0 Å². The highest BCUT2D eigenvalue weighted by atomic mass is 32.1. The summed E-state index contributed by atoms with van der Waals surface area (Å²) >= 11 is 1.40. The van der Waals surface area contributed by atoms with Gasteiger partial charge in [0.1, 0.15) is 6.33 Å². The molecule has 0 spiro atoms. The van der Waals surface area contributed by atoms with E-state index in [4.69, 9.17) is 5.10 Å². The van der Waals surface area contributed by atoms with Gasteiger partial charge in [-0.3, -0.25) is 19.3 Å². The van der Waals surface area contributed by atoms with Crippen LogP contribution in [0.1, 0.15) is 44.7 Å². The van der Waals surface area contributed by atoms with Crippen LogP contribution in [0.25, 0.3) is 21.1 Å². The van der Waals surface area contributed by atoms with Crippen molar-refractivity contribution < 1.29 is 9.59 Å². The number of aromatic nitrogens is 5. The molecule has 238 valence electrons. The maximum atomic E-state index is 13.7. The Morgan fingerprint density at radius 1 is 0.936 bits per heavy atom. The molecule has 11 nitrogen and oxygen atoms in total. The summed E-state index contributed by atoms with van der Waals surface area (Å²) in [5, 5.41) is 13.9. The Hall–Kier alpha value is -5.20. The molecule has 2 N–H and O–H groups in total. The SMILES string of the molecule is CCN1CCN(C(=O)c2ccc(Nc3ncnc4c(C(=O)Nc5cccc6c5c(C)nn6Cc5cccc(C)n5)csc34)cc2)CC1. The molecule has 0 aliphatic carbocycles. The Balaban J connectivity index is 1.08. The molecule has 0 saturated carbocycles. The van der Waals surface area contributed by atoms with E-state index >= 15 is 0 Å². The number of piperazine rings is 1. The van der Waals surface area contributed by atoms with Gasteiger partial charge in [-0.2, -0.15) is 5.10 Å². The second kappa shape index (κ2) is 12.9. The molecule has 0 unspecified atom stereocenters. The number of thiophene rings is 1. The number of amides is 2. The zero-order valence-electron chi connectivity index (χ0n) is 26.5. The molecule has 1 fully saturated rings. The number of anilines is 3. The Bertz CT molecular complexity index is 2100. The zero-order valence-corrected chi connectivity index (χ0v) is 27.3. The number of hydrogen-bond donors (Lipinski definition) is 2. The van der Waals surface area contributed by atoms with Crippen molar-refractivity contribution >= 4 is 61.5 Å². The van der Waals surface area contributed by atoms with Gasteiger partial charge in [0.2, 0.25) is 0 Å². The molecule has 12 heteroatoms. The lowest BCUT2D eigenvalue weighted by molar-refractivity contribution is 0.0643. The minimum absolute atomic E-state index is 0.0483. The van der Waals surface area contributed by atoms with Gasteiger partial charge in [-0.05, 0) is 68.9 Å². The highest BCUT2D eigenvalue weighted by molar-refractivity contribution is 7.18. The number of carbonyl (C=O) groups is 2. The summed E-state index contributed by atoms with van der Waals surface area (Å²) in [5.41, 5.74) is 6.76. The van der Waals surface area contributed by atoms with E-state index in [9.17, 15) is 9.59 Å². The summed E-state index contributed by atoms with van der Waals surface area (Å²) in [6.45, 7) is 10.9. The van der Waals surface area contributed by atoms with Crippen molar-refractivity contribution in [3.05, 3.63) is 101 Å². The van der Waals surface area contributed by atoms with E-state index in [1.165, 1.54) is 17.7 Å². The van der Waals surface area contributed by atoms with Crippen LogP contribution in [-0.4, -0.2) is 79.1 Å². The van der Waals surface area contributed by atoms with Gasteiger partial charge in [0.15, 0.2) is 5.82 Å². The van der Waals surface area contributed by atoms with Gasteiger partial charge in [-0.1, -0.05) is 19.1 Å². The fourth-order valence-electron chi connectivity index (χ4n) is 6.06. The lowest BCUT2D eigenvalue weighted by Crippen LogP contribution is -2.48. The number of fused-ring (bicyclic) bond motifs is 2. The Kier molecular flexibility index (Phi) is 8.35. The van der Waals surface area contributed by atoms with Crippen LogP contribution in [0, 0.1) is 13.8 Å². The highest BCUT2D eigenvalue weighted by Crippen LogP contribution is 2.33. The molecule has 5 heterocycles. The molecule has 0 bridgehead atoms. The molecule has 0 atom stereocenters. The number of carbonyl (C=O) groups excluding carboxylic acids is 2. The Morgan fingerprint density at radius 2 is 1.72 bits per heavy atom. The molecule has 0 radical (unpaired) electrons. The normalized spacial score (nSPS) is 13.7. The van der Waals surface area contributed by atoms with Crippen LogP contribution in [-0.2, 0) is 6.54 Å². The molecule has 6 aromatic rings. The quantitative estimate of drug-likeness (QED) is 0.211. The Labute approximate surface area is 276 Å². The van der Waals surface area contributed by atoms with Crippen molar-refractivity contribution in [1.29, 1.82) is 0 Å². The van der Waals surface area contributed by atoms with Crippen molar-refractivity contribution in [1.82, 2.24) is 34.5 Å². The number of likely N-dealkylation sites (N-methyl/N-ethyl adjacent to an activating group) is 1. The molecule has 1 aliphatic rings. The predicted octanol–water partition coefficient (Wildman–Crippen LogP) is 5.87. The van der Waals surface area contributed by atoms with Crippen LogP contribution in [0.2, 0.25) is 0 Å². The lowest BCUT2D eigenvalue weighted by atomic mass is 10.1. The maximum absolute atomic E-state index is 13.7. The van der Waals surface area contributed by atoms with E-state index in [1.807, 2.05) is 84.1 Å². The van der Waals surface area contributed by atoms with Crippen LogP contribution >= 0.6 is 11.3 Å². The third kappa shape index (κ3) is 6.17. The van der Waals surface area contributed by atoms with Crippen LogP contribution < -0.4 is 10.6 Å². The van der Waals surface area contributed by atoms with Crippen LogP contribution in [0.5, 0.6) is 0 Å². The first kappa shape index (κ1) is 30.5. The largest absolute Gasteiger partial charge is 0.339 e. The van der Waals surface area contributed by atoms with Crippen molar-refractivity contribution in [3.63, 3.8) is 0 Å².